The molecule has 26 aromatic rings. The van der Waals surface area contributed by atoms with Gasteiger partial charge in [-0.25, -0.2) is 19.9 Å². The Morgan fingerprint density at radius 2 is 0.612 bits per heavy atom. The van der Waals surface area contributed by atoms with E-state index >= 15 is 0 Å². The summed E-state index contributed by atoms with van der Waals surface area (Å²) in [6.45, 7) is 0. The molecule has 540 valence electrons. The van der Waals surface area contributed by atoms with Gasteiger partial charge in [0.25, 0.3) is 0 Å². The van der Waals surface area contributed by atoms with Crippen molar-refractivity contribution < 1.29 is 4.42 Å². The number of thiophene rings is 5. The molecule has 7 nitrogen and oxygen atoms in total. The van der Waals surface area contributed by atoms with Gasteiger partial charge < -0.3 is 13.6 Å². The summed E-state index contributed by atoms with van der Waals surface area (Å²) in [5.74, 6) is 0. The molecule has 10 aromatic heterocycles. The molecule has 0 bridgehead atoms. The summed E-state index contributed by atoms with van der Waals surface area (Å²) in [5.41, 5.74) is 24.3. The highest BCUT2D eigenvalue weighted by Crippen LogP contribution is 2.50. The van der Waals surface area contributed by atoms with Crippen LogP contribution in [-0.2, 0) is 0 Å². The molecule has 0 spiro atoms. The number of rotatable bonds is 8. The number of hydrogen-bond donors (Lipinski definition) is 0. The van der Waals surface area contributed by atoms with Crippen molar-refractivity contribution in [3.8, 4) is 78.4 Å². The fraction of sp³-hybridized carbons (Fsp3) is 0. The molecule has 0 unspecified atom stereocenters. The van der Waals surface area contributed by atoms with Crippen LogP contribution in [0.15, 0.2) is 357 Å². The summed E-state index contributed by atoms with van der Waals surface area (Å²) >= 11 is 9.15. The fourth-order valence-electron chi connectivity index (χ4n) is 18.3. The molecule has 0 radical (unpaired) electrons. The van der Waals surface area contributed by atoms with Gasteiger partial charge in [-0.15, -0.1) is 56.7 Å². The van der Waals surface area contributed by atoms with Gasteiger partial charge in [-0.2, -0.15) is 0 Å². The minimum atomic E-state index is 0.890. The maximum Gasteiger partial charge on any atom is 0.145 e. The van der Waals surface area contributed by atoms with Crippen LogP contribution in [0.5, 0.6) is 0 Å². The van der Waals surface area contributed by atoms with Gasteiger partial charge in [0.15, 0.2) is 0 Å². The lowest BCUT2D eigenvalue weighted by molar-refractivity contribution is 0.674. The van der Waals surface area contributed by atoms with Gasteiger partial charge in [0.05, 0.1) is 59.3 Å². The standard InChI is InChI=1S/C52H29N3OS2.C52H29N3S3/c1-2-13-33(14-3-1)55-42-21-6-4-16-40(42)46-43(55)25-24-38-37-19-9-17-34(49(37)56-50(38)46)31-23-26-45-41(28-31)48-52(58-45)47(53-29-54-48)32-12-8-11-30(27-32)35-18-10-20-39-36-15-5-7-22-44(36)57-51(35)39;1-4-19-42-40(16-1)47-43(24-23-39-37-15-3-6-21-45(37)57-51(39)47)55(42)34-13-8-10-30(27-34)31-22-25-46-41(28-31)49-52(58-46)48(53-29-54-49)33-12-7-11-32(26-33)35-17-9-18-38-36-14-2-5-20-44(36)56-50(35)38/h2*1-29H. The number of hydrogen-bond acceptors (Lipinski definition) is 10. The van der Waals surface area contributed by atoms with E-state index in [1.807, 2.05) is 34.0 Å². The SMILES string of the molecule is c1cc(-c2cccc3c2sc2ccccc23)cc(-c2ncnc3c2sc2ccc(-c4cccc(-n5c6ccccc6c6c7sc8ccccc8c7ccc65)c4)cc23)c1.c1ccc(-n2c3ccccc3c3c4oc5c(-c6ccc7sc8c(-c9cccc(-c%10cccc%11c%10sc%10ccccc%10%11)c9)ncnc8c7c6)cccc5c4ccc32)cc1. The van der Waals surface area contributed by atoms with E-state index in [9.17, 15) is 0 Å². The van der Waals surface area contributed by atoms with Crippen molar-refractivity contribution in [3.05, 3.63) is 352 Å². The van der Waals surface area contributed by atoms with E-state index in [2.05, 4.69) is 349 Å². The molecular weight excluding hydrogens is 1510 g/mol. The Kier molecular flexibility index (Phi) is 14.6. The molecule has 0 saturated heterocycles. The zero-order valence-electron chi connectivity index (χ0n) is 61.6. The molecule has 16 aromatic carbocycles. The smallest absolute Gasteiger partial charge is 0.145 e. The predicted molar refractivity (Wildman–Crippen MR) is 497 cm³/mol. The van der Waals surface area contributed by atoms with Gasteiger partial charge in [-0.05, 0) is 148 Å². The highest BCUT2D eigenvalue weighted by molar-refractivity contribution is 7.28. The average molecular weight is 1570 g/mol. The lowest BCUT2D eigenvalue weighted by Gasteiger charge is -2.11. The largest absolute Gasteiger partial charge is 0.455 e. The normalized spacial score (nSPS) is 12.1. The maximum atomic E-state index is 7.02. The number of benzene rings is 16. The first-order chi connectivity index (χ1) is 57.5. The number of aromatic nitrogens is 6. The first-order valence-electron chi connectivity index (χ1n) is 38.8. The summed E-state index contributed by atoms with van der Waals surface area (Å²) in [7, 11) is 0. The molecule has 0 amide bonds. The van der Waals surface area contributed by atoms with E-state index in [-0.39, 0.29) is 0 Å². The molecule has 0 atom stereocenters. The van der Waals surface area contributed by atoms with Crippen LogP contribution in [0, 0.1) is 0 Å². The van der Waals surface area contributed by atoms with Crippen molar-refractivity contribution in [2.24, 2.45) is 0 Å². The second-order valence-corrected chi connectivity index (χ2v) is 35.1. The highest BCUT2D eigenvalue weighted by atomic mass is 32.1. The molecule has 116 heavy (non-hydrogen) atoms. The second-order valence-electron chi connectivity index (χ2n) is 29.8. The van der Waals surface area contributed by atoms with Crippen molar-refractivity contribution in [1.29, 1.82) is 0 Å². The van der Waals surface area contributed by atoms with E-state index in [0.717, 1.165) is 115 Å². The van der Waals surface area contributed by atoms with Crippen LogP contribution >= 0.6 is 56.7 Å². The Morgan fingerprint density at radius 1 is 0.216 bits per heavy atom. The zero-order chi connectivity index (χ0) is 75.8. The van der Waals surface area contributed by atoms with E-state index in [1.165, 1.54) is 130 Å². The van der Waals surface area contributed by atoms with Crippen LogP contribution in [0.25, 0.3) is 245 Å². The third-order valence-corrected chi connectivity index (χ3v) is 29.4. The first-order valence-corrected chi connectivity index (χ1v) is 42.8. The van der Waals surface area contributed by atoms with Crippen LogP contribution in [0.4, 0.5) is 0 Å². The Balaban J connectivity index is 0.000000130. The molecular formula is C104H58N6OS5. The second kappa shape index (κ2) is 25.9. The van der Waals surface area contributed by atoms with Crippen LogP contribution in [0.1, 0.15) is 0 Å². The number of para-hydroxylation sites is 4. The first kappa shape index (κ1) is 65.7. The van der Waals surface area contributed by atoms with Crippen molar-refractivity contribution in [2.75, 3.05) is 0 Å². The minimum absolute atomic E-state index is 0.890. The fourth-order valence-corrected chi connectivity index (χ4v) is 24.3. The van der Waals surface area contributed by atoms with Crippen LogP contribution < -0.4 is 0 Å². The molecule has 12 heteroatoms. The van der Waals surface area contributed by atoms with E-state index in [4.69, 9.17) is 24.4 Å². The summed E-state index contributed by atoms with van der Waals surface area (Å²) in [6.07, 6.45) is 3.44. The van der Waals surface area contributed by atoms with Crippen molar-refractivity contribution in [3.63, 3.8) is 0 Å². The summed E-state index contributed by atoms with van der Waals surface area (Å²) in [4.78, 5) is 19.6. The Hall–Kier alpha value is -13.8. The lowest BCUT2D eigenvalue weighted by Crippen LogP contribution is -1.94. The molecule has 0 aliphatic heterocycles. The Morgan fingerprint density at radius 3 is 1.22 bits per heavy atom. The Bertz CT molecular complexity index is 8640. The van der Waals surface area contributed by atoms with Gasteiger partial charge in [-0.1, -0.05) is 231 Å². The molecule has 0 aliphatic carbocycles. The lowest BCUT2D eigenvalue weighted by atomic mass is 9.99. The van der Waals surface area contributed by atoms with Crippen LogP contribution in [0.2, 0.25) is 0 Å². The van der Waals surface area contributed by atoms with Crippen molar-refractivity contribution in [1.82, 2.24) is 29.1 Å². The Labute approximate surface area is 682 Å². The van der Waals surface area contributed by atoms with E-state index in [0.29, 0.717) is 0 Å². The molecule has 0 aliphatic rings. The number of fused-ring (bicyclic) bond motifs is 26. The third-order valence-electron chi connectivity index (χ3n) is 23.4. The summed E-state index contributed by atoms with van der Waals surface area (Å²) in [6, 6.07) is 123. The molecule has 26 rings (SSSR count). The van der Waals surface area contributed by atoms with Crippen molar-refractivity contribution >= 4 is 223 Å². The summed E-state index contributed by atoms with van der Waals surface area (Å²) in [5, 5.41) is 17.3. The third kappa shape index (κ3) is 10.0. The van der Waals surface area contributed by atoms with Gasteiger partial charge >= 0.3 is 0 Å². The van der Waals surface area contributed by atoms with E-state index in [1.54, 1.807) is 35.3 Å². The monoisotopic (exact) mass is 1570 g/mol. The maximum absolute atomic E-state index is 7.02. The van der Waals surface area contributed by atoms with Crippen LogP contribution in [-0.4, -0.2) is 29.1 Å². The van der Waals surface area contributed by atoms with Crippen molar-refractivity contribution in [2.45, 2.75) is 0 Å². The summed E-state index contributed by atoms with van der Waals surface area (Å²) < 4.78 is 24.3. The van der Waals surface area contributed by atoms with Gasteiger partial charge in [-0.3, -0.25) is 0 Å². The minimum Gasteiger partial charge on any atom is -0.455 e. The number of furan rings is 1. The quantitative estimate of drug-likeness (QED) is 0.152. The molecule has 10 heterocycles. The predicted octanol–water partition coefficient (Wildman–Crippen LogP) is 30.9. The van der Waals surface area contributed by atoms with E-state index < -0.39 is 0 Å². The number of nitrogens with zero attached hydrogens (tertiary/aromatic N) is 6. The van der Waals surface area contributed by atoms with Gasteiger partial charge in [0, 0.05) is 136 Å². The topological polar surface area (TPSA) is 74.6 Å². The average Bonchev–Trinajstić information content (AvgIpc) is 1.57. The molecule has 0 saturated carbocycles. The molecule has 0 fully saturated rings. The molecule has 0 N–H and O–H groups in total. The zero-order valence-corrected chi connectivity index (χ0v) is 65.7. The van der Waals surface area contributed by atoms with Gasteiger partial charge in [0.1, 0.15) is 23.8 Å². The van der Waals surface area contributed by atoms with Gasteiger partial charge in [0.2, 0.25) is 0 Å². The van der Waals surface area contributed by atoms with Crippen LogP contribution in [0.3, 0.4) is 0 Å². The highest BCUT2D eigenvalue weighted by Gasteiger charge is 2.25.